The van der Waals surface area contributed by atoms with E-state index in [2.05, 4.69) is 0 Å². The van der Waals surface area contributed by atoms with Gasteiger partial charge in [0.25, 0.3) is 0 Å². The van der Waals surface area contributed by atoms with Gasteiger partial charge in [-0.25, -0.2) is 0 Å². The molecular weight excluding hydrogens is 243 g/mol. The second-order valence-electron chi connectivity index (χ2n) is 4.02. The first-order valence-corrected chi connectivity index (χ1v) is 6.04. The molecule has 1 aromatic rings. The van der Waals surface area contributed by atoms with E-state index in [1.807, 2.05) is 18.2 Å². The van der Waals surface area contributed by atoms with Crippen molar-refractivity contribution in [1.29, 1.82) is 0 Å². The van der Waals surface area contributed by atoms with Gasteiger partial charge in [-0.3, -0.25) is 4.79 Å². The van der Waals surface area contributed by atoms with Crippen LogP contribution in [-0.2, 0) is 11.2 Å². The molecule has 0 unspecified atom stereocenters. The summed E-state index contributed by atoms with van der Waals surface area (Å²) in [4.78, 5) is 11.1. The largest absolute Gasteiger partial charge is 0.299 e. The SMILES string of the molecule is O=C1CC=C(Cc2ccc(Cl)cc2Cl)CC1. The minimum absolute atomic E-state index is 0.325. The van der Waals surface area contributed by atoms with Gasteiger partial charge in [0, 0.05) is 22.9 Å². The van der Waals surface area contributed by atoms with E-state index in [-0.39, 0.29) is 0 Å². The molecule has 0 fully saturated rings. The summed E-state index contributed by atoms with van der Waals surface area (Å²) in [6.07, 6.45) is 4.94. The van der Waals surface area contributed by atoms with E-state index < -0.39 is 0 Å². The molecule has 0 saturated carbocycles. The molecule has 0 spiro atoms. The van der Waals surface area contributed by atoms with Crippen molar-refractivity contribution in [3.8, 4) is 0 Å². The molecule has 0 amide bonds. The van der Waals surface area contributed by atoms with Gasteiger partial charge >= 0.3 is 0 Å². The topological polar surface area (TPSA) is 17.1 Å². The number of halogens is 2. The second-order valence-corrected chi connectivity index (χ2v) is 4.86. The van der Waals surface area contributed by atoms with Crippen molar-refractivity contribution in [2.75, 3.05) is 0 Å². The number of rotatable bonds is 2. The first-order chi connectivity index (χ1) is 7.65. The zero-order chi connectivity index (χ0) is 11.5. The highest BCUT2D eigenvalue weighted by atomic mass is 35.5. The molecule has 2 rings (SSSR count). The lowest BCUT2D eigenvalue weighted by Gasteiger charge is -2.13. The number of Topliss-reactive ketones (excluding diaryl/α,β-unsaturated/α-hetero) is 1. The van der Waals surface area contributed by atoms with Crippen LogP contribution in [0.25, 0.3) is 0 Å². The van der Waals surface area contributed by atoms with Gasteiger partial charge in [-0.05, 0) is 30.5 Å². The number of benzene rings is 1. The third-order valence-corrected chi connectivity index (χ3v) is 3.36. The van der Waals surface area contributed by atoms with E-state index >= 15 is 0 Å². The van der Waals surface area contributed by atoms with Gasteiger partial charge in [-0.2, -0.15) is 0 Å². The normalized spacial score (nSPS) is 16.1. The number of hydrogen-bond acceptors (Lipinski definition) is 1. The fraction of sp³-hybridized carbons (Fsp3) is 0.308. The Morgan fingerprint density at radius 1 is 1.19 bits per heavy atom. The molecule has 1 aliphatic carbocycles. The Kier molecular flexibility index (Phi) is 3.67. The van der Waals surface area contributed by atoms with E-state index in [0.717, 1.165) is 18.4 Å². The van der Waals surface area contributed by atoms with Crippen LogP contribution >= 0.6 is 23.2 Å². The third kappa shape index (κ3) is 2.87. The van der Waals surface area contributed by atoms with Crippen molar-refractivity contribution in [2.24, 2.45) is 0 Å². The van der Waals surface area contributed by atoms with Crippen LogP contribution in [0.3, 0.4) is 0 Å². The average Bonchev–Trinajstić information content (AvgIpc) is 2.25. The molecule has 0 heterocycles. The lowest BCUT2D eigenvalue weighted by molar-refractivity contribution is -0.118. The van der Waals surface area contributed by atoms with Gasteiger partial charge in [0.2, 0.25) is 0 Å². The Bertz CT molecular complexity index is 449. The van der Waals surface area contributed by atoms with Crippen molar-refractivity contribution >= 4 is 29.0 Å². The highest BCUT2D eigenvalue weighted by Crippen LogP contribution is 2.26. The maximum Gasteiger partial charge on any atom is 0.136 e. The van der Waals surface area contributed by atoms with Gasteiger partial charge in [0.15, 0.2) is 0 Å². The van der Waals surface area contributed by atoms with E-state index in [9.17, 15) is 4.79 Å². The monoisotopic (exact) mass is 254 g/mol. The molecule has 0 atom stereocenters. The van der Waals surface area contributed by atoms with Crippen LogP contribution in [0, 0.1) is 0 Å². The summed E-state index contributed by atoms with van der Waals surface area (Å²) >= 11 is 11.9. The molecule has 0 N–H and O–H groups in total. The molecular formula is C13H12Cl2O. The summed E-state index contributed by atoms with van der Waals surface area (Å²) in [5.74, 6) is 0.325. The van der Waals surface area contributed by atoms with Crippen LogP contribution in [0.1, 0.15) is 24.8 Å². The van der Waals surface area contributed by atoms with Gasteiger partial charge in [0.1, 0.15) is 5.78 Å². The number of carbonyl (C=O) groups excluding carboxylic acids is 1. The molecule has 16 heavy (non-hydrogen) atoms. The smallest absolute Gasteiger partial charge is 0.136 e. The van der Waals surface area contributed by atoms with Crippen molar-refractivity contribution in [3.05, 3.63) is 45.5 Å². The Labute approximate surface area is 105 Å². The molecule has 0 radical (unpaired) electrons. The zero-order valence-electron chi connectivity index (χ0n) is 8.80. The third-order valence-electron chi connectivity index (χ3n) is 2.78. The quantitative estimate of drug-likeness (QED) is 0.723. The van der Waals surface area contributed by atoms with Crippen LogP contribution in [0.15, 0.2) is 29.8 Å². The molecule has 1 aromatic carbocycles. The van der Waals surface area contributed by atoms with Crippen LogP contribution in [0.2, 0.25) is 10.0 Å². The predicted octanol–water partition coefficient (Wildman–Crippen LogP) is 4.22. The fourth-order valence-corrected chi connectivity index (χ4v) is 2.31. The van der Waals surface area contributed by atoms with E-state index in [4.69, 9.17) is 23.2 Å². The summed E-state index contributed by atoms with van der Waals surface area (Å²) in [6, 6.07) is 5.55. The number of allylic oxidation sites excluding steroid dienone is 2. The molecule has 0 aromatic heterocycles. The Balaban J connectivity index is 2.12. The van der Waals surface area contributed by atoms with Crippen molar-refractivity contribution in [3.63, 3.8) is 0 Å². The van der Waals surface area contributed by atoms with Crippen molar-refractivity contribution in [1.82, 2.24) is 0 Å². The van der Waals surface area contributed by atoms with Gasteiger partial charge < -0.3 is 0 Å². The van der Waals surface area contributed by atoms with Gasteiger partial charge in [0.05, 0.1) is 0 Å². The van der Waals surface area contributed by atoms with Crippen LogP contribution in [0.5, 0.6) is 0 Å². The van der Waals surface area contributed by atoms with E-state index in [0.29, 0.717) is 28.7 Å². The molecule has 0 aliphatic heterocycles. The molecule has 84 valence electrons. The predicted molar refractivity (Wildman–Crippen MR) is 67.1 cm³/mol. The minimum Gasteiger partial charge on any atom is -0.299 e. The minimum atomic E-state index is 0.325. The first kappa shape index (κ1) is 11.7. The average molecular weight is 255 g/mol. The van der Waals surface area contributed by atoms with Crippen LogP contribution in [-0.4, -0.2) is 5.78 Å². The molecule has 1 aliphatic rings. The van der Waals surface area contributed by atoms with Gasteiger partial charge in [-0.1, -0.05) is 40.9 Å². The fourth-order valence-electron chi connectivity index (χ4n) is 1.83. The summed E-state index contributed by atoms with van der Waals surface area (Å²) in [5, 5.41) is 1.35. The zero-order valence-corrected chi connectivity index (χ0v) is 10.3. The van der Waals surface area contributed by atoms with Crippen molar-refractivity contribution in [2.45, 2.75) is 25.7 Å². The number of hydrogen-bond donors (Lipinski definition) is 0. The molecule has 0 saturated heterocycles. The Morgan fingerprint density at radius 2 is 2.00 bits per heavy atom. The maximum absolute atomic E-state index is 11.1. The lowest BCUT2D eigenvalue weighted by atomic mass is 9.93. The summed E-state index contributed by atoms with van der Waals surface area (Å²) in [5.41, 5.74) is 2.37. The summed E-state index contributed by atoms with van der Waals surface area (Å²) < 4.78 is 0. The lowest BCUT2D eigenvalue weighted by Crippen LogP contribution is -2.05. The molecule has 0 bridgehead atoms. The summed E-state index contributed by atoms with van der Waals surface area (Å²) in [6.45, 7) is 0. The maximum atomic E-state index is 11.1. The second kappa shape index (κ2) is 5.03. The van der Waals surface area contributed by atoms with Crippen LogP contribution in [0.4, 0.5) is 0 Å². The Hall–Kier alpha value is -0.790. The molecule has 1 nitrogen and oxygen atoms in total. The van der Waals surface area contributed by atoms with Crippen molar-refractivity contribution < 1.29 is 4.79 Å². The number of ketones is 1. The van der Waals surface area contributed by atoms with E-state index in [1.165, 1.54) is 5.57 Å². The Morgan fingerprint density at radius 3 is 2.62 bits per heavy atom. The first-order valence-electron chi connectivity index (χ1n) is 5.28. The highest BCUT2D eigenvalue weighted by Gasteiger charge is 2.11. The molecule has 3 heteroatoms. The highest BCUT2D eigenvalue weighted by molar-refractivity contribution is 6.35. The standard InChI is InChI=1S/C13H12Cl2O/c14-11-4-3-10(13(15)8-11)7-9-1-5-12(16)6-2-9/h1,3-4,8H,2,5-7H2. The van der Waals surface area contributed by atoms with Crippen LogP contribution < -0.4 is 0 Å². The summed E-state index contributed by atoms with van der Waals surface area (Å²) in [7, 11) is 0. The van der Waals surface area contributed by atoms with E-state index in [1.54, 1.807) is 6.07 Å². The number of carbonyl (C=O) groups is 1. The van der Waals surface area contributed by atoms with Gasteiger partial charge in [-0.15, -0.1) is 0 Å².